The third-order valence-corrected chi connectivity index (χ3v) is 5.44. The Bertz CT molecular complexity index is 1350. The number of hydrogen-bond donors (Lipinski definition) is 1. The second kappa shape index (κ2) is 8.63. The van der Waals surface area contributed by atoms with Crippen LogP contribution in [0.15, 0.2) is 65.5 Å². The minimum Gasteiger partial charge on any atom is -0.324 e. The highest BCUT2D eigenvalue weighted by Gasteiger charge is 2.17. The van der Waals surface area contributed by atoms with Crippen LogP contribution in [0.5, 0.6) is 0 Å². The molecule has 0 bridgehead atoms. The van der Waals surface area contributed by atoms with Gasteiger partial charge in [0.25, 0.3) is 5.56 Å². The van der Waals surface area contributed by atoms with E-state index in [1.807, 2.05) is 82.3 Å². The molecule has 0 aliphatic carbocycles. The highest BCUT2D eigenvalue weighted by Crippen LogP contribution is 2.19. The minimum atomic E-state index is -0.322. The Balaban J connectivity index is 1.77. The van der Waals surface area contributed by atoms with E-state index in [9.17, 15) is 9.59 Å². The zero-order valence-corrected chi connectivity index (χ0v) is 18.6. The molecule has 0 atom stereocenters. The fraction of sp³-hybridized carbons (Fsp3) is 0.200. The molecule has 0 saturated heterocycles. The van der Waals surface area contributed by atoms with Crippen molar-refractivity contribution >= 4 is 11.6 Å². The Labute approximate surface area is 186 Å². The molecule has 2 heterocycles. The molecule has 0 fully saturated rings. The second-order valence-electron chi connectivity index (χ2n) is 7.87. The maximum atomic E-state index is 13.1. The first-order valence-electron chi connectivity index (χ1n) is 10.4. The fourth-order valence-electron chi connectivity index (χ4n) is 3.61. The van der Waals surface area contributed by atoms with Gasteiger partial charge in [0.15, 0.2) is 0 Å². The Morgan fingerprint density at radius 1 is 0.969 bits per heavy atom. The number of amides is 1. The van der Waals surface area contributed by atoms with Crippen LogP contribution < -0.4 is 10.9 Å². The third-order valence-electron chi connectivity index (χ3n) is 5.44. The van der Waals surface area contributed by atoms with E-state index in [1.54, 1.807) is 4.68 Å². The van der Waals surface area contributed by atoms with Gasteiger partial charge in [-0.3, -0.25) is 14.2 Å². The van der Waals surface area contributed by atoms with E-state index < -0.39 is 0 Å². The van der Waals surface area contributed by atoms with Crippen LogP contribution in [0.4, 0.5) is 5.69 Å². The molecule has 1 amide bonds. The Hall–Kier alpha value is -4.00. The molecule has 2 aromatic carbocycles. The molecule has 0 spiro atoms. The molecule has 0 unspecified atom stereocenters. The van der Waals surface area contributed by atoms with Crippen molar-refractivity contribution < 1.29 is 4.79 Å². The summed E-state index contributed by atoms with van der Waals surface area (Å²) in [6, 6.07) is 18.6. The van der Waals surface area contributed by atoms with E-state index in [2.05, 4.69) is 10.4 Å². The number of benzene rings is 2. The standard InChI is InChI=1S/C25H25N5O2/c1-16-9-8-12-21(19(16)4)26-23(31)15-29-24(32)14-22(20-10-6-5-7-11-20)27-25(29)30-18(3)13-17(2)28-30/h5-14H,15H2,1-4H3,(H,26,31). The minimum absolute atomic E-state index is 0.179. The van der Waals surface area contributed by atoms with Gasteiger partial charge in [0, 0.05) is 23.0 Å². The number of aromatic nitrogens is 4. The molecular formula is C25H25N5O2. The molecule has 0 aliphatic rings. The van der Waals surface area contributed by atoms with Gasteiger partial charge in [0.1, 0.15) is 6.54 Å². The Kier molecular flexibility index (Phi) is 5.73. The van der Waals surface area contributed by atoms with Gasteiger partial charge in [0.2, 0.25) is 11.9 Å². The normalized spacial score (nSPS) is 10.9. The highest BCUT2D eigenvalue weighted by atomic mass is 16.2. The van der Waals surface area contributed by atoms with Crippen molar-refractivity contribution in [2.24, 2.45) is 0 Å². The summed E-state index contributed by atoms with van der Waals surface area (Å²) in [5, 5.41) is 7.41. The van der Waals surface area contributed by atoms with Gasteiger partial charge < -0.3 is 5.32 Å². The summed E-state index contributed by atoms with van der Waals surface area (Å²) >= 11 is 0. The van der Waals surface area contributed by atoms with E-state index in [1.165, 1.54) is 10.6 Å². The number of aryl methyl sites for hydroxylation is 3. The van der Waals surface area contributed by atoms with E-state index in [0.717, 1.165) is 33.8 Å². The highest BCUT2D eigenvalue weighted by molar-refractivity contribution is 5.91. The van der Waals surface area contributed by atoms with Crippen LogP contribution in [0.1, 0.15) is 22.5 Å². The summed E-state index contributed by atoms with van der Waals surface area (Å²) in [6.45, 7) is 7.53. The first-order valence-corrected chi connectivity index (χ1v) is 10.4. The number of nitrogens with zero attached hydrogens (tertiary/aromatic N) is 4. The number of nitrogens with one attached hydrogen (secondary N) is 1. The topological polar surface area (TPSA) is 81.8 Å². The van der Waals surface area contributed by atoms with Crippen LogP contribution in [0, 0.1) is 27.7 Å². The van der Waals surface area contributed by atoms with Crippen molar-refractivity contribution in [1.82, 2.24) is 19.3 Å². The van der Waals surface area contributed by atoms with Gasteiger partial charge in [-0.15, -0.1) is 0 Å². The van der Waals surface area contributed by atoms with Crippen molar-refractivity contribution in [3.63, 3.8) is 0 Å². The molecule has 4 aromatic rings. The summed E-state index contributed by atoms with van der Waals surface area (Å²) in [4.78, 5) is 30.8. The molecule has 32 heavy (non-hydrogen) atoms. The van der Waals surface area contributed by atoms with Gasteiger partial charge in [-0.05, 0) is 51.0 Å². The lowest BCUT2D eigenvalue weighted by atomic mass is 10.1. The molecule has 1 N–H and O–H groups in total. The summed E-state index contributed by atoms with van der Waals surface area (Å²) in [7, 11) is 0. The van der Waals surface area contributed by atoms with Crippen molar-refractivity contribution in [3.05, 3.63) is 93.5 Å². The number of anilines is 1. The lowest BCUT2D eigenvalue weighted by Gasteiger charge is -2.15. The molecule has 4 rings (SSSR count). The van der Waals surface area contributed by atoms with Crippen molar-refractivity contribution in [1.29, 1.82) is 0 Å². The second-order valence-corrected chi connectivity index (χ2v) is 7.87. The molecular weight excluding hydrogens is 402 g/mol. The number of rotatable bonds is 5. The van der Waals surface area contributed by atoms with Gasteiger partial charge in [-0.2, -0.15) is 5.10 Å². The summed E-state index contributed by atoms with van der Waals surface area (Å²) in [6.07, 6.45) is 0. The average Bonchev–Trinajstić information content (AvgIpc) is 3.11. The van der Waals surface area contributed by atoms with Crippen LogP contribution in [0.25, 0.3) is 17.2 Å². The molecule has 162 valence electrons. The molecule has 2 aromatic heterocycles. The van der Waals surface area contributed by atoms with Crippen LogP contribution in [-0.2, 0) is 11.3 Å². The third kappa shape index (κ3) is 4.23. The smallest absolute Gasteiger partial charge is 0.256 e. The largest absolute Gasteiger partial charge is 0.324 e. The maximum Gasteiger partial charge on any atom is 0.256 e. The zero-order valence-electron chi connectivity index (χ0n) is 18.6. The van der Waals surface area contributed by atoms with E-state index in [4.69, 9.17) is 4.98 Å². The van der Waals surface area contributed by atoms with Crippen LogP contribution >= 0.6 is 0 Å². The Morgan fingerprint density at radius 3 is 2.41 bits per heavy atom. The van der Waals surface area contributed by atoms with Crippen LogP contribution in [0.2, 0.25) is 0 Å². The fourth-order valence-corrected chi connectivity index (χ4v) is 3.61. The predicted molar refractivity (Wildman–Crippen MR) is 125 cm³/mol. The molecule has 0 aliphatic heterocycles. The monoisotopic (exact) mass is 427 g/mol. The number of carbonyl (C=O) groups is 1. The van der Waals surface area contributed by atoms with Crippen LogP contribution in [0.3, 0.4) is 0 Å². The van der Waals surface area contributed by atoms with E-state index in [-0.39, 0.29) is 18.0 Å². The zero-order chi connectivity index (χ0) is 22.8. The van der Waals surface area contributed by atoms with Crippen LogP contribution in [-0.4, -0.2) is 25.2 Å². The van der Waals surface area contributed by atoms with Crippen molar-refractivity contribution in [3.8, 4) is 17.2 Å². The average molecular weight is 428 g/mol. The molecule has 0 saturated carbocycles. The van der Waals surface area contributed by atoms with Gasteiger partial charge in [-0.25, -0.2) is 9.67 Å². The van der Waals surface area contributed by atoms with Gasteiger partial charge in [0.05, 0.1) is 11.4 Å². The summed E-state index contributed by atoms with van der Waals surface area (Å²) in [5.74, 6) is -0.00379. The van der Waals surface area contributed by atoms with E-state index >= 15 is 0 Å². The van der Waals surface area contributed by atoms with Crippen molar-refractivity contribution in [2.45, 2.75) is 34.2 Å². The first-order chi connectivity index (χ1) is 15.3. The van der Waals surface area contributed by atoms with E-state index in [0.29, 0.717) is 11.6 Å². The number of carbonyl (C=O) groups excluding carboxylic acids is 1. The first kappa shape index (κ1) is 21.2. The predicted octanol–water partition coefficient (Wildman–Crippen LogP) is 3.97. The lowest BCUT2D eigenvalue weighted by molar-refractivity contribution is -0.116. The SMILES string of the molecule is Cc1cc(C)n(-c2nc(-c3ccccc3)cc(=O)n2CC(=O)Nc2cccc(C)c2C)n1. The Morgan fingerprint density at radius 2 is 1.72 bits per heavy atom. The van der Waals surface area contributed by atoms with Gasteiger partial charge >= 0.3 is 0 Å². The summed E-state index contributed by atoms with van der Waals surface area (Å²) < 4.78 is 2.96. The quantitative estimate of drug-likeness (QED) is 0.523. The van der Waals surface area contributed by atoms with Gasteiger partial charge in [-0.1, -0.05) is 42.5 Å². The molecule has 7 heteroatoms. The summed E-state index contributed by atoms with van der Waals surface area (Å²) in [5.41, 5.74) is 5.45. The van der Waals surface area contributed by atoms with Crippen molar-refractivity contribution in [2.75, 3.05) is 5.32 Å². The maximum absolute atomic E-state index is 13.1. The molecule has 7 nitrogen and oxygen atoms in total. The number of hydrogen-bond acceptors (Lipinski definition) is 4. The lowest BCUT2D eigenvalue weighted by Crippen LogP contribution is -2.32. The molecule has 0 radical (unpaired) electrons.